The molecule has 0 saturated heterocycles. The summed E-state index contributed by atoms with van der Waals surface area (Å²) in [6.07, 6.45) is -3.57. The molecule has 0 aliphatic heterocycles. The van der Waals surface area contributed by atoms with E-state index in [1.165, 1.54) is 13.3 Å². The number of rotatable bonds is 3. The van der Waals surface area contributed by atoms with Gasteiger partial charge in [0.25, 0.3) is 0 Å². The van der Waals surface area contributed by atoms with Crippen LogP contribution in [0.1, 0.15) is 5.56 Å². The standard InChI is InChI=1S/C8H8F3IN2O2/c1-15-7-5(12)6(16-8(9,10)11)4(2-13)3-14-7/h3H,2,13H2,1H3. The van der Waals surface area contributed by atoms with E-state index < -0.39 is 6.36 Å². The predicted molar refractivity (Wildman–Crippen MR) is 58.1 cm³/mol. The molecule has 0 amide bonds. The third kappa shape index (κ3) is 3.11. The van der Waals surface area contributed by atoms with Gasteiger partial charge in [-0.25, -0.2) is 4.98 Å². The summed E-state index contributed by atoms with van der Waals surface area (Å²) in [5, 5.41) is 0. The van der Waals surface area contributed by atoms with E-state index in [9.17, 15) is 13.2 Å². The number of alkyl halides is 3. The van der Waals surface area contributed by atoms with Crippen LogP contribution in [0.3, 0.4) is 0 Å². The number of nitrogens with zero attached hydrogens (tertiary/aromatic N) is 1. The topological polar surface area (TPSA) is 57.4 Å². The first kappa shape index (κ1) is 13.3. The predicted octanol–water partition coefficient (Wildman–Crippen LogP) is 2.05. The molecule has 0 bridgehead atoms. The lowest BCUT2D eigenvalue weighted by Gasteiger charge is -2.15. The van der Waals surface area contributed by atoms with Crippen LogP contribution in [0, 0.1) is 3.57 Å². The van der Waals surface area contributed by atoms with Gasteiger partial charge in [0.05, 0.1) is 7.11 Å². The maximum Gasteiger partial charge on any atom is 0.573 e. The van der Waals surface area contributed by atoms with Crippen molar-refractivity contribution >= 4 is 22.6 Å². The number of methoxy groups -OCH3 is 1. The molecule has 0 spiro atoms. The molecular formula is C8H8F3IN2O2. The zero-order valence-corrected chi connectivity index (χ0v) is 10.3. The summed E-state index contributed by atoms with van der Waals surface area (Å²) in [6, 6.07) is 0. The molecule has 0 aromatic carbocycles. The van der Waals surface area contributed by atoms with Crippen LogP contribution in [0.15, 0.2) is 6.20 Å². The summed E-state index contributed by atoms with van der Waals surface area (Å²) in [6.45, 7) is -0.0988. The van der Waals surface area contributed by atoms with Crippen molar-refractivity contribution in [3.8, 4) is 11.6 Å². The third-order valence-electron chi connectivity index (χ3n) is 1.65. The highest BCUT2D eigenvalue weighted by molar-refractivity contribution is 14.1. The number of aromatic nitrogens is 1. The molecule has 1 heterocycles. The second-order valence-corrected chi connectivity index (χ2v) is 3.77. The van der Waals surface area contributed by atoms with Crippen molar-refractivity contribution in [3.63, 3.8) is 0 Å². The summed E-state index contributed by atoms with van der Waals surface area (Å²) in [7, 11) is 1.31. The van der Waals surface area contributed by atoms with Crippen LogP contribution in [0.4, 0.5) is 13.2 Å². The molecule has 1 aromatic rings. The highest BCUT2D eigenvalue weighted by Gasteiger charge is 2.33. The first-order valence-electron chi connectivity index (χ1n) is 4.06. The highest BCUT2D eigenvalue weighted by Crippen LogP contribution is 2.35. The van der Waals surface area contributed by atoms with Gasteiger partial charge in [0.2, 0.25) is 5.88 Å². The zero-order valence-electron chi connectivity index (χ0n) is 8.14. The quantitative estimate of drug-likeness (QED) is 0.850. The van der Waals surface area contributed by atoms with Crippen LogP contribution < -0.4 is 15.2 Å². The van der Waals surface area contributed by atoms with Gasteiger partial charge < -0.3 is 15.2 Å². The first-order valence-corrected chi connectivity index (χ1v) is 5.14. The maximum atomic E-state index is 12.1. The van der Waals surface area contributed by atoms with Crippen LogP contribution in [-0.4, -0.2) is 18.5 Å². The van der Waals surface area contributed by atoms with Gasteiger partial charge in [-0.3, -0.25) is 0 Å². The number of nitrogens with two attached hydrogens (primary N) is 1. The molecule has 16 heavy (non-hydrogen) atoms. The van der Waals surface area contributed by atoms with E-state index in [0.717, 1.165) is 0 Å². The summed E-state index contributed by atoms with van der Waals surface area (Å²) in [5.74, 6) is -0.292. The molecule has 1 aromatic heterocycles. The van der Waals surface area contributed by atoms with Gasteiger partial charge in [-0.05, 0) is 22.6 Å². The molecule has 1 rings (SSSR count). The Morgan fingerprint density at radius 1 is 1.50 bits per heavy atom. The molecule has 2 N–H and O–H groups in total. The second kappa shape index (κ2) is 5.04. The fraction of sp³-hybridized carbons (Fsp3) is 0.375. The van der Waals surface area contributed by atoms with Crippen molar-refractivity contribution in [2.45, 2.75) is 12.9 Å². The van der Waals surface area contributed by atoms with Crippen LogP contribution in [0.25, 0.3) is 0 Å². The second-order valence-electron chi connectivity index (χ2n) is 2.69. The number of hydrogen-bond donors (Lipinski definition) is 1. The van der Waals surface area contributed by atoms with Gasteiger partial charge in [0, 0.05) is 18.3 Å². The van der Waals surface area contributed by atoms with Crippen molar-refractivity contribution in [3.05, 3.63) is 15.3 Å². The van der Waals surface area contributed by atoms with E-state index in [1.54, 1.807) is 22.6 Å². The van der Waals surface area contributed by atoms with Gasteiger partial charge in [-0.15, -0.1) is 13.2 Å². The Morgan fingerprint density at radius 3 is 2.56 bits per heavy atom. The lowest BCUT2D eigenvalue weighted by molar-refractivity contribution is -0.275. The lowest BCUT2D eigenvalue weighted by atomic mass is 10.2. The highest BCUT2D eigenvalue weighted by atomic mass is 127. The van der Waals surface area contributed by atoms with Gasteiger partial charge in [0.1, 0.15) is 3.57 Å². The van der Waals surface area contributed by atoms with Crippen LogP contribution >= 0.6 is 22.6 Å². The fourth-order valence-corrected chi connectivity index (χ4v) is 1.82. The fourth-order valence-electron chi connectivity index (χ4n) is 1.00. The Balaban J connectivity index is 3.21. The van der Waals surface area contributed by atoms with Gasteiger partial charge in [0.15, 0.2) is 5.75 Å². The van der Waals surface area contributed by atoms with Gasteiger partial charge >= 0.3 is 6.36 Å². The molecule has 0 aliphatic rings. The number of halogens is 4. The minimum Gasteiger partial charge on any atom is -0.480 e. The maximum absolute atomic E-state index is 12.1. The molecule has 0 radical (unpaired) electrons. The molecule has 0 fully saturated rings. The Hall–Kier alpha value is -0.770. The summed E-state index contributed by atoms with van der Waals surface area (Å²) in [5.41, 5.74) is 5.47. The van der Waals surface area contributed by atoms with Crippen molar-refractivity contribution in [2.24, 2.45) is 5.73 Å². The Bertz CT molecular complexity index is 384. The van der Waals surface area contributed by atoms with Crippen molar-refractivity contribution in [1.82, 2.24) is 4.98 Å². The molecule has 90 valence electrons. The minimum atomic E-state index is -4.77. The van der Waals surface area contributed by atoms with Crippen LogP contribution in [-0.2, 0) is 6.54 Å². The van der Waals surface area contributed by atoms with Crippen molar-refractivity contribution < 1.29 is 22.6 Å². The monoisotopic (exact) mass is 348 g/mol. The Labute approximate surface area is 103 Å². The number of ether oxygens (including phenoxy) is 2. The van der Waals surface area contributed by atoms with E-state index in [0.29, 0.717) is 0 Å². The summed E-state index contributed by atoms with van der Waals surface area (Å²) in [4.78, 5) is 3.80. The van der Waals surface area contributed by atoms with E-state index >= 15 is 0 Å². The van der Waals surface area contributed by atoms with Crippen molar-refractivity contribution in [2.75, 3.05) is 7.11 Å². The van der Waals surface area contributed by atoms with Gasteiger partial charge in [-0.2, -0.15) is 0 Å². The molecule has 0 unspecified atom stereocenters. The van der Waals surface area contributed by atoms with Crippen molar-refractivity contribution in [1.29, 1.82) is 0 Å². The lowest BCUT2D eigenvalue weighted by Crippen LogP contribution is -2.20. The Morgan fingerprint density at radius 2 is 2.12 bits per heavy atom. The summed E-state index contributed by atoms with van der Waals surface area (Å²) >= 11 is 1.66. The number of hydrogen-bond acceptors (Lipinski definition) is 4. The largest absolute Gasteiger partial charge is 0.573 e. The molecule has 0 atom stereocenters. The SMILES string of the molecule is COc1ncc(CN)c(OC(F)(F)F)c1I. The summed E-state index contributed by atoms with van der Waals surface area (Å²) < 4.78 is 45.3. The molecule has 8 heteroatoms. The Kier molecular flexibility index (Phi) is 4.19. The molecular weight excluding hydrogens is 340 g/mol. The molecule has 0 aliphatic carbocycles. The third-order valence-corrected chi connectivity index (χ3v) is 2.60. The molecule has 0 saturated carbocycles. The van der Waals surface area contributed by atoms with E-state index in [-0.39, 0.29) is 27.3 Å². The van der Waals surface area contributed by atoms with E-state index in [1.807, 2.05) is 0 Å². The van der Waals surface area contributed by atoms with Crippen LogP contribution in [0.5, 0.6) is 11.6 Å². The van der Waals surface area contributed by atoms with Crippen LogP contribution in [0.2, 0.25) is 0 Å². The smallest absolute Gasteiger partial charge is 0.480 e. The van der Waals surface area contributed by atoms with E-state index in [4.69, 9.17) is 10.5 Å². The molecule has 4 nitrogen and oxygen atoms in total. The minimum absolute atomic E-state index is 0.0667. The average Bonchev–Trinajstić information content (AvgIpc) is 2.19. The van der Waals surface area contributed by atoms with Gasteiger partial charge in [-0.1, -0.05) is 0 Å². The first-order chi connectivity index (χ1) is 7.39. The van der Waals surface area contributed by atoms with E-state index in [2.05, 4.69) is 9.72 Å². The zero-order chi connectivity index (χ0) is 12.3. The number of pyridine rings is 1. The normalized spacial score (nSPS) is 11.4. The average molecular weight is 348 g/mol.